The normalized spacial score (nSPS) is 17.0. The van der Waals surface area contributed by atoms with E-state index in [0.29, 0.717) is 12.5 Å². The van der Waals surface area contributed by atoms with E-state index in [9.17, 15) is 4.79 Å². The molecule has 2 rings (SSSR count). The van der Waals surface area contributed by atoms with Crippen LogP contribution in [-0.2, 0) is 4.79 Å². The average molecular weight is 320 g/mol. The van der Waals surface area contributed by atoms with Crippen LogP contribution in [0.25, 0.3) is 0 Å². The summed E-state index contributed by atoms with van der Waals surface area (Å²) >= 11 is 0. The van der Waals surface area contributed by atoms with E-state index in [0.717, 1.165) is 51.0 Å². The van der Waals surface area contributed by atoms with Gasteiger partial charge in [0.2, 0.25) is 5.91 Å². The van der Waals surface area contributed by atoms with Gasteiger partial charge in [0.05, 0.1) is 6.20 Å². The molecule has 0 radical (unpaired) electrons. The number of carbonyl (C=O) groups excluding carboxylic acids is 1. The van der Waals surface area contributed by atoms with E-state index in [1.54, 1.807) is 18.6 Å². The van der Waals surface area contributed by atoms with E-state index in [1.165, 1.54) is 0 Å². The van der Waals surface area contributed by atoms with Gasteiger partial charge in [-0.3, -0.25) is 9.78 Å². The van der Waals surface area contributed by atoms with Gasteiger partial charge in [-0.1, -0.05) is 13.3 Å². The Morgan fingerprint density at radius 1 is 1.39 bits per heavy atom. The molecule has 1 unspecified atom stereocenters. The quantitative estimate of drug-likeness (QED) is 0.761. The standard InChI is InChI=1S/C17H28N4O2/c1-2-3-14(6-11-22)12-20-17(23)15-4-9-21(10-5-15)16-13-18-7-8-19-16/h7-8,13-15,22H,2-6,9-12H2,1H3,(H,20,23). The summed E-state index contributed by atoms with van der Waals surface area (Å²) in [5, 5.41) is 12.2. The van der Waals surface area contributed by atoms with Crippen LogP contribution in [0.4, 0.5) is 5.82 Å². The van der Waals surface area contributed by atoms with Crippen LogP contribution in [-0.4, -0.2) is 47.2 Å². The lowest BCUT2D eigenvalue weighted by Gasteiger charge is -2.32. The Morgan fingerprint density at radius 3 is 2.78 bits per heavy atom. The zero-order chi connectivity index (χ0) is 16.5. The fourth-order valence-corrected chi connectivity index (χ4v) is 3.15. The van der Waals surface area contributed by atoms with Crippen molar-refractivity contribution < 1.29 is 9.90 Å². The molecule has 1 aliphatic heterocycles. The lowest BCUT2D eigenvalue weighted by molar-refractivity contribution is -0.125. The molecule has 0 saturated carbocycles. The monoisotopic (exact) mass is 320 g/mol. The van der Waals surface area contributed by atoms with Crippen LogP contribution in [0.3, 0.4) is 0 Å². The van der Waals surface area contributed by atoms with Crippen LogP contribution in [0.5, 0.6) is 0 Å². The predicted octanol–water partition coefficient (Wildman–Crippen LogP) is 1.61. The van der Waals surface area contributed by atoms with Crippen LogP contribution in [0, 0.1) is 11.8 Å². The van der Waals surface area contributed by atoms with Crippen molar-refractivity contribution in [2.45, 2.75) is 39.0 Å². The number of hydrogen-bond acceptors (Lipinski definition) is 5. The predicted molar refractivity (Wildman–Crippen MR) is 90.1 cm³/mol. The number of aliphatic hydroxyl groups is 1. The summed E-state index contributed by atoms with van der Waals surface area (Å²) in [6, 6.07) is 0. The summed E-state index contributed by atoms with van der Waals surface area (Å²) in [5.74, 6) is 1.51. The molecule has 6 heteroatoms. The van der Waals surface area contributed by atoms with Crippen molar-refractivity contribution >= 4 is 11.7 Å². The van der Waals surface area contributed by atoms with Crippen molar-refractivity contribution in [3.05, 3.63) is 18.6 Å². The van der Waals surface area contributed by atoms with Gasteiger partial charge < -0.3 is 15.3 Å². The topological polar surface area (TPSA) is 78.4 Å². The number of piperidine rings is 1. The third-order valence-electron chi connectivity index (χ3n) is 4.54. The lowest BCUT2D eigenvalue weighted by Crippen LogP contribution is -2.42. The highest BCUT2D eigenvalue weighted by Gasteiger charge is 2.25. The Balaban J connectivity index is 1.75. The Morgan fingerprint density at radius 2 is 2.17 bits per heavy atom. The van der Waals surface area contributed by atoms with Gasteiger partial charge in [0.15, 0.2) is 0 Å². The summed E-state index contributed by atoms with van der Waals surface area (Å²) in [5.41, 5.74) is 0. The molecular formula is C17H28N4O2. The maximum atomic E-state index is 12.3. The van der Waals surface area contributed by atoms with Gasteiger partial charge in [0.1, 0.15) is 5.82 Å². The zero-order valence-electron chi connectivity index (χ0n) is 13.9. The van der Waals surface area contributed by atoms with Crippen molar-refractivity contribution in [2.24, 2.45) is 11.8 Å². The molecule has 0 spiro atoms. The van der Waals surface area contributed by atoms with Gasteiger partial charge >= 0.3 is 0 Å². The first kappa shape index (κ1) is 17.7. The first-order chi connectivity index (χ1) is 11.2. The van der Waals surface area contributed by atoms with Crippen molar-refractivity contribution in [1.82, 2.24) is 15.3 Å². The first-order valence-corrected chi connectivity index (χ1v) is 8.64. The highest BCUT2D eigenvalue weighted by atomic mass is 16.3. The summed E-state index contributed by atoms with van der Waals surface area (Å²) in [6.07, 6.45) is 9.72. The highest BCUT2D eigenvalue weighted by Crippen LogP contribution is 2.21. The minimum Gasteiger partial charge on any atom is -0.396 e. The zero-order valence-corrected chi connectivity index (χ0v) is 13.9. The number of nitrogens with zero attached hydrogens (tertiary/aromatic N) is 3. The molecule has 0 bridgehead atoms. The summed E-state index contributed by atoms with van der Waals surface area (Å²) in [7, 11) is 0. The third-order valence-corrected chi connectivity index (χ3v) is 4.54. The number of aromatic nitrogens is 2. The molecule has 6 nitrogen and oxygen atoms in total. The molecular weight excluding hydrogens is 292 g/mol. The van der Waals surface area contributed by atoms with Crippen LogP contribution in [0.2, 0.25) is 0 Å². The van der Waals surface area contributed by atoms with Crippen LogP contribution < -0.4 is 10.2 Å². The van der Waals surface area contributed by atoms with Crippen molar-refractivity contribution in [2.75, 3.05) is 31.1 Å². The Bertz CT molecular complexity index is 455. The number of hydrogen-bond donors (Lipinski definition) is 2. The minimum absolute atomic E-state index is 0.0827. The Labute approximate surface area is 138 Å². The molecule has 0 aliphatic carbocycles. The number of carbonyl (C=O) groups is 1. The molecule has 1 amide bonds. The maximum Gasteiger partial charge on any atom is 0.223 e. The SMILES string of the molecule is CCCC(CCO)CNC(=O)C1CCN(c2cnccn2)CC1. The van der Waals surface area contributed by atoms with E-state index in [-0.39, 0.29) is 18.4 Å². The van der Waals surface area contributed by atoms with E-state index in [2.05, 4.69) is 27.1 Å². The van der Waals surface area contributed by atoms with Gasteiger partial charge in [0, 0.05) is 44.6 Å². The second-order valence-corrected chi connectivity index (χ2v) is 6.24. The molecule has 2 N–H and O–H groups in total. The second-order valence-electron chi connectivity index (χ2n) is 6.24. The fraction of sp³-hybridized carbons (Fsp3) is 0.706. The molecule has 1 fully saturated rings. The molecule has 1 aromatic rings. The van der Waals surface area contributed by atoms with Crippen molar-refractivity contribution in [3.8, 4) is 0 Å². The summed E-state index contributed by atoms with van der Waals surface area (Å²) in [6.45, 7) is 4.68. The van der Waals surface area contributed by atoms with Crippen LogP contribution in [0.1, 0.15) is 39.0 Å². The molecule has 2 heterocycles. The first-order valence-electron chi connectivity index (χ1n) is 8.64. The third kappa shape index (κ3) is 5.46. The molecule has 0 aromatic carbocycles. The molecule has 23 heavy (non-hydrogen) atoms. The van der Waals surface area contributed by atoms with Gasteiger partial charge in [-0.2, -0.15) is 0 Å². The second kappa shape index (κ2) is 9.45. The highest BCUT2D eigenvalue weighted by molar-refractivity contribution is 5.78. The van der Waals surface area contributed by atoms with Gasteiger partial charge in [-0.25, -0.2) is 4.98 Å². The molecule has 1 aliphatic rings. The Hall–Kier alpha value is -1.69. The van der Waals surface area contributed by atoms with E-state index >= 15 is 0 Å². The number of anilines is 1. The van der Waals surface area contributed by atoms with Gasteiger partial charge in [0.25, 0.3) is 0 Å². The van der Waals surface area contributed by atoms with E-state index < -0.39 is 0 Å². The van der Waals surface area contributed by atoms with Gasteiger partial charge in [-0.15, -0.1) is 0 Å². The molecule has 1 aromatic heterocycles. The smallest absolute Gasteiger partial charge is 0.223 e. The van der Waals surface area contributed by atoms with Gasteiger partial charge in [-0.05, 0) is 31.6 Å². The maximum absolute atomic E-state index is 12.3. The number of rotatable bonds is 8. The fourth-order valence-electron chi connectivity index (χ4n) is 3.15. The number of nitrogens with one attached hydrogen (secondary N) is 1. The largest absolute Gasteiger partial charge is 0.396 e. The van der Waals surface area contributed by atoms with E-state index in [4.69, 9.17) is 5.11 Å². The average Bonchev–Trinajstić information content (AvgIpc) is 2.61. The Kier molecular flexibility index (Phi) is 7.26. The van der Waals surface area contributed by atoms with E-state index in [1.807, 2.05) is 0 Å². The number of amides is 1. The van der Waals surface area contributed by atoms with Crippen molar-refractivity contribution in [1.29, 1.82) is 0 Å². The summed E-state index contributed by atoms with van der Waals surface area (Å²) < 4.78 is 0. The minimum atomic E-state index is 0.0827. The molecule has 1 atom stereocenters. The number of aliphatic hydroxyl groups excluding tert-OH is 1. The lowest BCUT2D eigenvalue weighted by atomic mass is 9.95. The van der Waals surface area contributed by atoms with Crippen molar-refractivity contribution in [3.63, 3.8) is 0 Å². The molecule has 1 saturated heterocycles. The van der Waals surface area contributed by atoms with Crippen LogP contribution in [0.15, 0.2) is 18.6 Å². The molecule has 128 valence electrons. The van der Waals surface area contributed by atoms with Crippen LogP contribution >= 0.6 is 0 Å². The summed E-state index contributed by atoms with van der Waals surface area (Å²) in [4.78, 5) is 22.9.